The van der Waals surface area contributed by atoms with E-state index in [0.717, 1.165) is 11.1 Å². The van der Waals surface area contributed by atoms with Crippen LogP contribution >= 0.6 is 0 Å². The maximum Gasteiger partial charge on any atom is 0.287 e. The summed E-state index contributed by atoms with van der Waals surface area (Å²) in [5.74, 6) is -0.972. The van der Waals surface area contributed by atoms with E-state index in [2.05, 4.69) is 30.7 Å². The predicted molar refractivity (Wildman–Crippen MR) is 84.2 cm³/mol. The van der Waals surface area contributed by atoms with Crippen LogP contribution in [0.25, 0.3) is 0 Å². The third kappa shape index (κ3) is 3.72. The highest BCUT2D eigenvalue weighted by atomic mass is 19.1. The second kappa shape index (κ2) is 7.78. The van der Waals surface area contributed by atoms with E-state index in [-0.39, 0.29) is 42.4 Å². The van der Waals surface area contributed by atoms with Crippen LogP contribution in [-0.4, -0.2) is 52.1 Å². The Kier molecular flexibility index (Phi) is 5.27. The fourth-order valence-electron chi connectivity index (χ4n) is 2.53. The summed E-state index contributed by atoms with van der Waals surface area (Å²) in [6.45, 7) is -0.464. The summed E-state index contributed by atoms with van der Waals surface area (Å²) < 4.78 is 23.3. The summed E-state index contributed by atoms with van der Waals surface area (Å²) in [6, 6.07) is 4.25. The van der Waals surface area contributed by atoms with Gasteiger partial charge in [-0.2, -0.15) is 0 Å². The van der Waals surface area contributed by atoms with Crippen molar-refractivity contribution in [1.82, 2.24) is 20.9 Å². The molecule has 26 heavy (non-hydrogen) atoms. The number of aromatic nitrogens is 2. The fourth-order valence-corrected chi connectivity index (χ4v) is 2.53. The number of nitrogens with one attached hydrogen (secondary N) is 2. The number of aliphatic hydroxyl groups excluding tert-OH is 1. The van der Waals surface area contributed by atoms with Crippen LogP contribution in [0, 0.1) is 5.82 Å². The van der Waals surface area contributed by atoms with Gasteiger partial charge in [0.15, 0.2) is 0 Å². The first-order valence-corrected chi connectivity index (χ1v) is 7.72. The molecule has 0 aliphatic heterocycles. The molecule has 0 radical (unpaired) electrons. The van der Waals surface area contributed by atoms with Gasteiger partial charge in [0.2, 0.25) is 17.4 Å². The SMILES string of the molecule is O=C(CO)NCCOc1nonc1/C(=N/O)N[C@H]1Cc2ccc(F)cc21. The van der Waals surface area contributed by atoms with Gasteiger partial charge in [0.25, 0.3) is 5.88 Å². The van der Waals surface area contributed by atoms with Crippen molar-refractivity contribution in [2.45, 2.75) is 12.5 Å². The molecule has 2 aromatic rings. The van der Waals surface area contributed by atoms with E-state index < -0.39 is 12.5 Å². The molecule has 0 saturated carbocycles. The molecule has 1 heterocycles. The average Bonchev–Trinajstić information content (AvgIpc) is 3.09. The zero-order valence-corrected chi connectivity index (χ0v) is 13.5. The minimum Gasteiger partial charge on any atom is -0.472 e. The summed E-state index contributed by atoms with van der Waals surface area (Å²) in [5.41, 5.74) is 1.79. The molecule has 1 aliphatic carbocycles. The van der Waals surface area contributed by atoms with Crippen LogP contribution in [-0.2, 0) is 11.2 Å². The fraction of sp³-hybridized carbons (Fsp3) is 0.333. The molecule has 10 nitrogen and oxygen atoms in total. The van der Waals surface area contributed by atoms with Crippen LogP contribution in [0.15, 0.2) is 28.0 Å². The van der Waals surface area contributed by atoms with E-state index in [4.69, 9.17) is 9.84 Å². The first kappa shape index (κ1) is 17.6. The molecule has 0 fully saturated rings. The number of oxime groups is 1. The molecule has 0 unspecified atom stereocenters. The number of hydrogen-bond acceptors (Lipinski definition) is 8. The van der Waals surface area contributed by atoms with Crippen molar-refractivity contribution < 1.29 is 28.9 Å². The first-order valence-electron chi connectivity index (χ1n) is 7.72. The van der Waals surface area contributed by atoms with Gasteiger partial charge in [0.1, 0.15) is 19.0 Å². The Bertz CT molecular complexity index is 825. The van der Waals surface area contributed by atoms with Gasteiger partial charge in [-0.25, -0.2) is 9.02 Å². The van der Waals surface area contributed by atoms with Gasteiger partial charge in [-0.1, -0.05) is 11.2 Å². The van der Waals surface area contributed by atoms with Gasteiger partial charge in [-0.15, -0.1) is 0 Å². The number of carbonyl (C=O) groups is 1. The van der Waals surface area contributed by atoms with Crippen molar-refractivity contribution in [3.05, 3.63) is 40.8 Å². The predicted octanol–water partition coefficient (Wildman–Crippen LogP) is -0.281. The van der Waals surface area contributed by atoms with Crippen LogP contribution in [0.2, 0.25) is 0 Å². The molecule has 3 rings (SSSR count). The Hall–Kier alpha value is -3.21. The number of hydrogen-bond donors (Lipinski definition) is 4. The molecular weight excluding hydrogens is 349 g/mol. The maximum atomic E-state index is 13.4. The highest BCUT2D eigenvalue weighted by Crippen LogP contribution is 2.33. The normalized spacial score (nSPS) is 15.8. The third-order valence-electron chi connectivity index (χ3n) is 3.81. The summed E-state index contributed by atoms with van der Waals surface area (Å²) in [5, 5.41) is 33.6. The van der Waals surface area contributed by atoms with E-state index in [1.807, 2.05) is 0 Å². The van der Waals surface area contributed by atoms with Crippen molar-refractivity contribution in [2.24, 2.45) is 5.16 Å². The Balaban J connectivity index is 1.61. The molecule has 1 aliphatic rings. The number of fused-ring (bicyclic) bond motifs is 1. The number of nitrogens with zero attached hydrogens (tertiary/aromatic N) is 3. The Morgan fingerprint density at radius 1 is 1.46 bits per heavy atom. The molecule has 0 bridgehead atoms. The highest BCUT2D eigenvalue weighted by molar-refractivity contribution is 5.98. The summed E-state index contributed by atoms with van der Waals surface area (Å²) in [6.07, 6.45) is 0.628. The van der Waals surface area contributed by atoms with E-state index >= 15 is 0 Å². The van der Waals surface area contributed by atoms with Gasteiger partial charge >= 0.3 is 0 Å². The average molecular weight is 365 g/mol. The molecule has 1 aromatic heterocycles. The third-order valence-corrected chi connectivity index (χ3v) is 3.81. The maximum absolute atomic E-state index is 13.4. The summed E-state index contributed by atoms with van der Waals surface area (Å²) in [4.78, 5) is 10.9. The molecule has 4 N–H and O–H groups in total. The number of halogens is 1. The Morgan fingerprint density at radius 3 is 3.08 bits per heavy atom. The standard InChI is InChI=1S/C15H16FN5O5/c16-9-2-1-8-5-11(10(8)6-9)18-14(19-24)13-15(21-26-20-13)25-4-3-17-12(23)7-22/h1-2,6,11,22,24H,3-5,7H2,(H,17,23)(H,18,19)/t11-/m0/s1. The monoisotopic (exact) mass is 365 g/mol. The first-order chi connectivity index (χ1) is 12.6. The lowest BCUT2D eigenvalue weighted by Gasteiger charge is -2.31. The molecule has 1 atom stereocenters. The molecule has 1 amide bonds. The zero-order valence-electron chi connectivity index (χ0n) is 13.5. The van der Waals surface area contributed by atoms with E-state index in [0.29, 0.717) is 6.42 Å². The van der Waals surface area contributed by atoms with Crippen molar-refractivity contribution in [2.75, 3.05) is 19.8 Å². The van der Waals surface area contributed by atoms with E-state index in [1.54, 1.807) is 6.07 Å². The quantitative estimate of drug-likeness (QED) is 0.173. The minimum atomic E-state index is -0.620. The Morgan fingerprint density at radius 2 is 2.31 bits per heavy atom. The van der Waals surface area contributed by atoms with Crippen molar-refractivity contribution in [3.63, 3.8) is 0 Å². The van der Waals surface area contributed by atoms with Gasteiger partial charge in [0, 0.05) is 0 Å². The number of benzene rings is 1. The van der Waals surface area contributed by atoms with Crippen LogP contribution in [0.1, 0.15) is 22.9 Å². The van der Waals surface area contributed by atoms with Gasteiger partial charge in [0.05, 0.1) is 12.6 Å². The number of amidine groups is 1. The second-order valence-corrected chi connectivity index (χ2v) is 5.47. The lowest BCUT2D eigenvalue weighted by Crippen LogP contribution is -2.37. The number of rotatable bonds is 7. The molecule has 1 aromatic carbocycles. The molecule has 0 saturated heterocycles. The van der Waals surface area contributed by atoms with Crippen molar-refractivity contribution in [1.29, 1.82) is 0 Å². The molecular formula is C15H16FN5O5. The summed E-state index contributed by atoms with van der Waals surface area (Å²) >= 11 is 0. The number of carbonyl (C=O) groups excluding carboxylic acids is 1. The topological polar surface area (TPSA) is 142 Å². The lowest BCUT2D eigenvalue weighted by molar-refractivity contribution is -0.123. The molecule has 138 valence electrons. The van der Waals surface area contributed by atoms with Crippen molar-refractivity contribution in [3.8, 4) is 5.88 Å². The van der Waals surface area contributed by atoms with Crippen LogP contribution in [0.5, 0.6) is 5.88 Å². The number of aliphatic hydroxyl groups is 1. The van der Waals surface area contributed by atoms with Crippen LogP contribution in [0.3, 0.4) is 0 Å². The largest absolute Gasteiger partial charge is 0.472 e. The molecule has 0 spiro atoms. The van der Waals surface area contributed by atoms with Crippen LogP contribution < -0.4 is 15.4 Å². The molecule has 11 heteroatoms. The number of amides is 1. The smallest absolute Gasteiger partial charge is 0.287 e. The zero-order chi connectivity index (χ0) is 18.5. The lowest BCUT2D eigenvalue weighted by atomic mass is 9.83. The Labute approximate surface area is 146 Å². The van der Waals surface area contributed by atoms with Crippen LogP contribution in [0.4, 0.5) is 4.39 Å². The highest BCUT2D eigenvalue weighted by Gasteiger charge is 2.30. The second-order valence-electron chi connectivity index (χ2n) is 5.47. The van der Waals surface area contributed by atoms with E-state index in [1.165, 1.54) is 12.1 Å². The minimum absolute atomic E-state index is 0.0309. The van der Waals surface area contributed by atoms with E-state index in [9.17, 15) is 14.4 Å². The van der Waals surface area contributed by atoms with Crippen molar-refractivity contribution >= 4 is 11.7 Å². The van der Waals surface area contributed by atoms with Gasteiger partial charge in [-0.3, -0.25) is 4.79 Å². The number of ether oxygens (including phenoxy) is 1. The van der Waals surface area contributed by atoms with Gasteiger partial charge in [-0.05, 0) is 40.0 Å². The summed E-state index contributed by atoms with van der Waals surface area (Å²) in [7, 11) is 0. The van der Waals surface area contributed by atoms with Gasteiger partial charge < -0.3 is 25.7 Å².